The number of hydrogen-bond donors (Lipinski definition) is 2. The Hall–Kier alpha value is -2.36. The van der Waals surface area contributed by atoms with E-state index in [1.54, 1.807) is 0 Å². The molecule has 0 saturated carbocycles. The number of piperidine rings is 1. The zero-order chi connectivity index (χ0) is 19.5. The van der Waals surface area contributed by atoms with Crippen molar-refractivity contribution in [2.24, 2.45) is 0 Å². The average molecular weight is 404 g/mol. The molecule has 4 heterocycles. The minimum atomic E-state index is -0.419. The first-order chi connectivity index (χ1) is 13.7. The first-order valence-corrected chi connectivity index (χ1v) is 11.0. The molecule has 2 aromatic heterocycles. The molecule has 2 aliphatic rings. The summed E-state index contributed by atoms with van der Waals surface area (Å²) >= 11 is 1.52. The van der Waals surface area contributed by atoms with Gasteiger partial charge in [-0.3, -0.25) is 9.59 Å². The van der Waals surface area contributed by atoms with Gasteiger partial charge in [0, 0.05) is 26.1 Å². The molecule has 0 bridgehead atoms. The third-order valence-corrected chi connectivity index (χ3v) is 5.78. The number of thioether (sulfide) groups is 1. The monoisotopic (exact) mass is 403 g/mol. The van der Waals surface area contributed by atoms with Gasteiger partial charge in [0.15, 0.2) is 10.8 Å². The fourth-order valence-corrected chi connectivity index (χ4v) is 4.10. The highest BCUT2D eigenvalue weighted by molar-refractivity contribution is 7.98. The summed E-state index contributed by atoms with van der Waals surface area (Å²) in [6.07, 6.45) is 8.38. The molecule has 4 rings (SSSR count). The molecular formula is C18H25N7O2S. The molecule has 9 nitrogen and oxygen atoms in total. The molecule has 2 aromatic rings. The number of hydrogen-bond acceptors (Lipinski definition) is 7. The molecule has 2 N–H and O–H groups in total. The van der Waals surface area contributed by atoms with E-state index in [1.807, 2.05) is 17.1 Å². The summed E-state index contributed by atoms with van der Waals surface area (Å²) in [5.74, 6) is 0.749. The van der Waals surface area contributed by atoms with Crippen molar-refractivity contribution in [3.05, 3.63) is 6.20 Å². The maximum Gasteiger partial charge on any atom is 0.242 e. The standard InChI is InChI=1S/C18H25N7O2S/c1-28-18-22-15(24-8-3-2-4-9-24)12-11-20-25(16(12)23-18)10-7-19-17(27)13-5-6-14(26)21-13/h11,13H,2-10H2,1H3,(H,19,27)(H,21,26). The minimum Gasteiger partial charge on any atom is -0.356 e. The lowest BCUT2D eigenvalue weighted by atomic mass is 10.1. The highest BCUT2D eigenvalue weighted by Gasteiger charge is 2.27. The van der Waals surface area contributed by atoms with Gasteiger partial charge in [0.25, 0.3) is 0 Å². The molecular weight excluding hydrogens is 378 g/mol. The van der Waals surface area contributed by atoms with E-state index in [9.17, 15) is 9.59 Å². The molecule has 2 amide bonds. The van der Waals surface area contributed by atoms with E-state index in [1.165, 1.54) is 31.0 Å². The Morgan fingerprint density at radius 3 is 2.86 bits per heavy atom. The number of rotatable bonds is 6. The van der Waals surface area contributed by atoms with Crippen LogP contribution in [0.4, 0.5) is 5.82 Å². The summed E-state index contributed by atoms with van der Waals surface area (Å²) in [6.45, 7) is 2.96. The number of fused-ring (bicyclic) bond motifs is 1. The van der Waals surface area contributed by atoms with E-state index in [2.05, 4.69) is 25.6 Å². The molecule has 1 unspecified atom stereocenters. The van der Waals surface area contributed by atoms with Crippen LogP contribution in [0.15, 0.2) is 11.4 Å². The Morgan fingerprint density at radius 2 is 2.14 bits per heavy atom. The van der Waals surface area contributed by atoms with Gasteiger partial charge in [-0.1, -0.05) is 11.8 Å². The molecule has 10 heteroatoms. The molecule has 28 heavy (non-hydrogen) atoms. The van der Waals surface area contributed by atoms with Crippen LogP contribution in [0.2, 0.25) is 0 Å². The van der Waals surface area contributed by atoms with Crippen LogP contribution in [-0.4, -0.2) is 63.5 Å². The fourth-order valence-electron chi connectivity index (χ4n) is 3.74. The minimum absolute atomic E-state index is 0.0650. The van der Waals surface area contributed by atoms with Crippen LogP contribution in [0.3, 0.4) is 0 Å². The van der Waals surface area contributed by atoms with Crippen molar-refractivity contribution in [2.75, 3.05) is 30.8 Å². The molecule has 1 atom stereocenters. The van der Waals surface area contributed by atoms with Crippen LogP contribution >= 0.6 is 11.8 Å². The summed E-state index contributed by atoms with van der Waals surface area (Å²) in [7, 11) is 0. The predicted molar refractivity (Wildman–Crippen MR) is 107 cm³/mol. The van der Waals surface area contributed by atoms with Crippen molar-refractivity contribution < 1.29 is 9.59 Å². The topological polar surface area (TPSA) is 105 Å². The Kier molecular flexibility index (Phi) is 5.65. The molecule has 0 aliphatic carbocycles. The number of aromatic nitrogens is 4. The maximum absolute atomic E-state index is 12.2. The molecule has 2 fully saturated rings. The van der Waals surface area contributed by atoms with E-state index in [4.69, 9.17) is 4.98 Å². The predicted octanol–water partition coefficient (Wildman–Crippen LogP) is 0.933. The van der Waals surface area contributed by atoms with Gasteiger partial charge in [-0.2, -0.15) is 5.10 Å². The van der Waals surface area contributed by atoms with Gasteiger partial charge in [-0.05, 0) is 31.9 Å². The van der Waals surface area contributed by atoms with E-state index in [0.29, 0.717) is 25.9 Å². The summed E-state index contributed by atoms with van der Waals surface area (Å²) in [6, 6.07) is -0.419. The normalized spacial score (nSPS) is 19.8. The lowest BCUT2D eigenvalue weighted by Crippen LogP contribution is -2.42. The van der Waals surface area contributed by atoms with Crippen LogP contribution in [0.25, 0.3) is 11.0 Å². The second kappa shape index (κ2) is 8.34. The van der Waals surface area contributed by atoms with Crippen LogP contribution in [0.1, 0.15) is 32.1 Å². The molecule has 2 saturated heterocycles. The van der Waals surface area contributed by atoms with E-state index < -0.39 is 6.04 Å². The van der Waals surface area contributed by atoms with Gasteiger partial charge in [-0.25, -0.2) is 14.6 Å². The Balaban J connectivity index is 1.48. The maximum atomic E-state index is 12.2. The second-order valence-corrected chi connectivity index (χ2v) is 7.91. The number of amides is 2. The molecule has 150 valence electrons. The molecule has 0 spiro atoms. The summed E-state index contributed by atoms with van der Waals surface area (Å²) < 4.78 is 1.82. The third-order valence-electron chi connectivity index (χ3n) is 5.23. The van der Waals surface area contributed by atoms with Crippen LogP contribution in [-0.2, 0) is 16.1 Å². The quantitative estimate of drug-likeness (QED) is 0.546. The fraction of sp³-hybridized carbons (Fsp3) is 0.611. The number of anilines is 1. The Bertz CT molecular complexity index is 878. The van der Waals surface area contributed by atoms with Gasteiger partial charge in [0.2, 0.25) is 11.8 Å². The summed E-state index contributed by atoms with van der Waals surface area (Å²) in [5.41, 5.74) is 0.795. The summed E-state index contributed by atoms with van der Waals surface area (Å²) in [5, 5.41) is 11.7. The Morgan fingerprint density at radius 1 is 1.32 bits per heavy atom. The third kappa shape index (κ3) is 3.91. The Labute approximate surface area is 167 Å². The van der Waals surface area contributed by atoms with Crippen LogP contribution < -0.4 is 15.5 Å². The number of nitrogens with one attached hydrogen (secondary N) is 2. The second-order valence-electron chi connectivity index (χ2n) is 7.14. The smallest absolute Gasteiger partial charge is 0.242 e. The number of nitrogens with zero attached hydrogens (tertiary/aromatic N) is 5. The average Bonchev–Trinajstić information content (AvgIpc) is 3.34. The zero-order valence-electron chi connectivity index (χ0n) is 16.0. The summed E-state index contributed by atoms with van der Waals surface area (Å²) in [4.78, 5) is 35.1. The van der Waals surface area contributed by atoms with Gasteiger partial charge in [0.1, 0.15) is 11.9 Å². The highest BCUT2D eigenvalue weighted by Crippen LogP contribution is 2.28. The van der Waals surface area contributed by atoms with Gasteiger partial charge >= 0.3 is 0 Å². The molecule has 0 aromatic carbocycles. The molecule has 0 radical (unpaired) electrons. The van der Waals surface area contributed by atoms with E-state index in [0.717, 1.165) is 35.1 Å². The SMILES string of the molecule is CSc1nc(N2CCCCC2)c2cnn(CCNC(=O)C3CCC(=O)N3)c2n1. The lowest BCUT2D eigenvalue weighted by Gasteiger charge is -2.28. The number of carbonyl (C=O) groups is 2. The number of carbonyl (C=O) groups excluding carboxylic acids is 2. The van der Waals surface area contributed by atoms with Crippen LogP contribution in [0.5, 0.6) is 0 Å². The van der Waals surface area contributed by atoms with Crippen LogP contribution in [0, 0.1) is 0 Å². The first-order valence-electron chi connectivity index (χ1n) is 9.75. The van der Waals surface area contributed by atoms with E-state index in [-0.39, 0.29) is 11.8 Å². The first kappa shape index (κ1) is 19.0. The zero-order valence-corrected chi connectivity index (χ0v) is 16.8. The van der Waals surface area contributed by atoms with Gasteiger partial charge in [-0.15, -0.1) is 0 Å². The van der Waals surface area contributed by atoms with Gasteiger partial charge < -0.3 is 15.5 Å². The van der Waals surface area contributed by atoms with E-state index >= 15 is 0 Å². The van der Waals surface area contributed by atoms with Crippen molar-refractivity contribution in [2.45, 2.75) is 49.8 Å². The van der Waals surface area contributed by atoms with Crippen molar-refractivity contribution in [1.82, 2.24) is 30.4 Å². The molecule has 2 aliphatic heterocycles. The van der Waals surface area contributed by atoms with Crippen molar-refractivity contribution in [1.29, 1.82) is 0 Å². The van der Waals surface area contributed by atoms with Gasteiger partial charge in [0.05, 0.1) is 18.1 Å². The highest BCUT2D eigenvalue weighted by atomic mass is 32.2. The lowest BCUT2D eigenvalue weighted by molar-refractivity contribution is -0.125. The van der Waals surface area contributed by atoms with Crippen molar-refractivity contribution >= 4 is 40.4 Å². The largest absolute Gasteiger partial charge is 0.356 e. The van der Waals surface area contributed by atoms with Crippen molar-refractivity contribution in [3.8, 4) is 0 Å². The van der Waals surface area contributed by atoms with Crippen molar-refractivity contribution in [3.63, 3.8) is 0 Å².